The van der Waals surface area contributed by atoms with Gasteiger partial charge < -0.3 is 5.32 Å². The summed E-state index contributed by atoms with van der Waals surface area (Å²) in [5.41, 5.74) is 3.39. The third-order valence-corrected chi connectivity index (χ3v) is 6.21. The number of fused-ring (bicyclic) bond motifs is 5. The highest BCUT2D eigenvalue weighted by molar-refractivity contribution is 8.00. The normalized spacial score (nSPS) is 13.0. The van der Waals surface area contributed by atoms with Crippen LogP contribution in [0.25, 0.3) is 20.9 Å². The quantitative estimate of drug-likeness (QED) is 0.419. The molecule has 0 unspecified atom stereocenters. The van der Waals surface area contributed by atoms with Crippen LogP contribution in [-0.4, -0.2) is 9.97 Å². The predicted octanol–water partition coefficient (Wildman–Crippen LogP) is 5.31. The van der Waals surface area contributed by atoms with Gasteiger partial charge in [0, 0.05) is 4.90 Å². The Morgan fingerprint density at radius 1 is 1.05 bits per heavy atom. The molecule has 0 aliphatic carbocycles. The topological polar surface area (TPSA) is 37.8 Å². The largest absolute Gasteiger partial charge is 0.338 e. The van der Waals surface area contributed by atoms with Crippen molar-refractivity contribution in [3.63, 3.8) is 0 Å². The highest BCUT2D eigenvalue weighted by Gasteiger charge is 2.26. The minimum Gasteiger partial charge on any atom is -0.338 e. The molecule has 3 aliphatic rings. The molecule has 1 N–H and O–H groups in total. The van der Waals surface area contributed by atoms with Crippen LogP contribution in [0.1, 0.15) is 5.56 Å². The maximum Gasteiger partial charge on any atom is 0.173 e. The summed E-state index contributed by atoms with van der Waals surface area (Å²) < 4.78 is 1.19. The van der Waals surface area contributed by atoms with Gasteiger partial charge in [-0.1, -0.05) is 30.0 Å². The van der Waals surface area contributed by atoms with E-state index in [0.717, 1.165) is 27.7 Å². The summed E-state index contributed by atoms with van der Waals surface area (Å²) >= 11 is 3.55. The van der Waals surface area contributed by atoms with Crippen molar-refractivity contribution < 1.29 is 0 Å². The lowest BCUT2D eigenvalue weighted by molar-refractivity contribution is 1.25. The van der Waals surface area contributed by atoms with Gasteiger partial charge in [0.15, 0.2) is 5.82 Å². The lowest BCUT2D eigenvalue weighted by atomic mass is 10.2. The number of hydrogen-bond acceptors (Lipinski definition) is 5. The van der Waals surface area contributed by atoms with E-state index in [1.54, 1.807) is 23.1 Å². The van der Waals surface area contributed by atoms with E-state index in [0.29, 0.717) is 0 Å². The number of benzene rings is 2. The molecule has 106 valence electrons. The van der Waals surface area contributed by atoms with Crippen LogP contribution in [0.5, 0.6) is 0 Å². The number of para-hydroxylation sites is 1. The van der Waals surface area contributed by atoms with E-state index >= 15 is 0 Å². The molecular weight excluding hydrogens is 310 g/mol. The Kier molecular flexibility index (Phi) is 2.51. The minimum absolute atomic E-state index is 0.832. The smallest absolute Gasteiger partial charge is 0.173 e. The lowest BCUT2D eigenvalue weighted by Crippen LogP contribution is -1.98. The van der Waals surface area contributed by atoms with Gasteiger partial charge in [-0.2, -0.15) is 0 Å². The van der Waals surface area contributed by atoms with E-state index in [-0.39, 0.29) is 0 Å². The molecule has 0 fully saturated rings. The van der Waals surface area contributed by atoms with Crippen molar-refractivity contribution in [1.82, 2.24) is 9.97 Å². The van der Waals surface area contributed by atoms with Gasteiger partial charge in [0.25, 0.3) is 0 Å². The summed E-state index contributed by atoms with van der Waals surface area (Å²) in [6.07, 6.45) is 0. The first-order chi connectivity index (χ1) is 10.8. The third-order valence-electron chi connectivity index (χ3n) is 3.75. The van der Waals surface area contributed by atoms with Crippen LogP contribution in [0.4, 0.5) is 11.5 Å². The number of rotatable bonds is 0. The fourth-order valence-electron chi connectivity index (χ4n) is 2.69. The Bertz CT molecular complexity index is 1010. The Balaban J connectivity index is 1.75. The zero-order valence-electron chi connectivity index (χ0n) is 11.8. The van der Waals surface area contributed by atoms with Gasteiger partial charge in [0.2, 0.25) is 0 Å². The average Bonchev–Trinajstić information content (AvgIpc) is 2.87. The van der Waals surface area contributed by atoms with Crippen molar-refractivity contribution >= 4 is 44.8 Å². The fraction of sp³-hybridized carbons (Fsp3) is 0.0588. The highest BCUT2D eigenvalue weighted by Crippen LogP contribution is 2.51. The van der Waals surface area contributed by atoms with Crippen LogP contribution in [0.2, 0.25) is 0 Å². The Morgan fingerprint density at radius 2 is 1.95 bits per heavy atom. The van der Waals surface area contributed by atoms with Crippen molar-refractivity contribution in [1.29, 1.82) is 0 Å². The molecule has 3 aliphatic heterocycles. The standard InChI is InChI=1S/C17H11N3S2/c1-9-6-7-13-11(8-9)19-17-15(22-13)14-16(20-17)18-10-4-2-3-5-12(10)21-14/h2-8H,1H3,(H,18,19,20). The zero-order chi connectivity index (χ0) is 14.7. The van der Waals surface area contributed by atoms with Gasteiger partial charge in [-0.25, -0.2) is 9.97 Å². The van der Waals surface area contributed by atoms with Crippen LogP contribution in [0.3, 0.4) is 0 Å². The van der Waals surface area contributed by atoms with E-state index in [9.17, 15) is 0 Å². The van der Waals surface area contributed by atoms with Crippen molar-refractivity contribution in [2.24, 2.45) is 0 Å². The molecule has 0 amide bonds. The van der Waals surface area contributed by atoms with Gasteiger partial charge >= 0.3 is 0 Å². The minimum atomic E-state index is 0.832. The molecule has 0 saturated carbocycles. The Labute approximate surface area is 135 Å². The number of hydrogen-bond donors (Lipinski definition) is 1. The first kappa shape index (κ1) is 12.4. The number of nitrogens with zero attached hydrogens (tertiary/aromatic N) is 2. The van der Waals surface area contributed by atoms with Crippen molar-refractivity contribution in [2.75, 3.05) is 5.32 Å². The summed E-state index contributed by atoms with van der Waals surface area (Å²) in [5.74, 6) is 1.76. The van der Waals surface area contributed by atoms with E-state index < -0.39 is 0 Å². The van der Waals surface area contributed by atoms with Gasteiger partial charge in [-0.3, -0.25) is 0 Å². The molecular formula is C17H11N3S2. The monoisotopic (exact) mass is 321 g/mol. The first-order valence-electron chi connectivity index (χ1n) is 7.03. The molecule has 5 heteroatoms. The predicted molar refractivity (Wildman–Crippen MR) is 92.6 cm³/mol. The molecule has 3 heterocycles. The first-order valence-corrected chi connectivity index (χ1v) is 8.66. The van der Waals surface area contributed by atoms with Crippen LogP contribution in [0.15, 0.2) is 52.3 Å². The Hall–Kier alpha value is -2.11. The second kappa shape index (κ2) is 4.44. The molecule has 0 radical (unpaired) electrons. The lowest BCUT2D eigenvalue weighted by Gasteiger charge is -2.17. The number of aryl methyl sites for hydroxylation is 1. The SMILES string of the molecule is Cc1ccc2c(c1)Nc1nc3nc4ccccc4sc-3c1S2. The second-order valence-corrected chi connectivity index (χ2v) is 7.45. The molecule has 0 bridgehead atoms. The second-order valence-electron chi connectivity index (χ2n) is 5.35. The van der Waals surface area contributed by atoms with Crippen molar-refractivity contribution in [3.05, 3.63) is 48.0 Å². The van der Waals surface area contributed by atoms with Gasteiger partial charge in [-0.05, 0) is 36.8 Å². The Morgan fingerprint density at radius 3 is 2.91 bits per heavy atom. The van der Waals surface area contributed by atoms with Crippen molar-refractivity contribution in [3.8, 4) is 10.7 Å². The molecule has 22 heavy (non-hydrogen) atoms. The van der Waals surface area contributed by atoms with Crippen LogP contribution >= 0.6 is 23.1 Å². The molecule has 5 rings (SSSR count). The number of aromatic nitrogens is 2. The van der Waals surface area contributed by atoms with Crippen molar-refractivity contribution in [2.45, 2.75) is 16.7 Å². The summed E-state index contributed by atoms with van der Waals surface area (Å²) in [6.45, 7) is 2.10. The molecule has 0 saturated heterocycles. The van der Waals surface area contributed by atoms with Gasteiger partial charge in [0.1, 0.15) is 5.82 Å². The van der Waals surface area contributed by atoms with E-state index in [1.807, 2.05) is 12.1 Å². The third kappa shape index (κ3) is 1.76. The maximum atomic E-state index is 4.71. The molecule has 3 nitrogen and oxygen atoms in total. The highest BCUT2D eigenvalue weighted by atomic mass is 32.2. The van der Waals surface area contributed by atoms with E-state index in [1.165, 1.54) is 20.1 Å². The van der Waals surface area contributed by atoms with Crippen LogP contribution < -0.4 is 5.32 Å². The molecule has 2 aromatic carbocycles. The molecule has 0 spiro atoms. The molecule has 2 aromatic rings. The van der Waals surface area contributed by atoms with Crippen LogP contribution in [-0.2, 0) is 0 Å². The van der Waals surface area contributed by atoms with E-state index in [4.69, 9.17) is 9.97 Å². The fourth-order valence-corrected chi connectivity index (χ4v) is 4.85. The molecule has 0 aromatic heterocycles. The summed E-state index contributed by atoms with van der Waals surface area (Å²) in [6, 6.07) is 14.7. The molecule has 0 atom stereocenters. The summed E-state index contributed by atoms with van der Waals surface area (Å²) in [7, 11) is 0. The maximum absolute atomic E-state index is 4.71. The number of anilines is 2. The summed E-state index contributed by atoms with van der Waals surface area (Å²) in [4.78, 5) is 13.0. The van der Waals surface area contributed by atoms with E-state index in [2.05, 4.69) is 42.6 Å². The number of nitrogens with one attached hydrogen (secondary N) is 1. The summed E-state index contributed by atoms with van der Waals surface area (Å²) in [5, 5.41) is 3.46. The average molecular weight is 321 g/mol. The van der Waals surface area contributed by atoms with Gasteiger partial charge in [-0.15, -0.1) is 11.3 Å². The van der Waals surface area contributed by atoms with Crippen LogP contribution in [0, 0.1) is 6.92 Å². The van der Waals surface area contributed by atoms with Gasteiger partial charge in [0.05, 0.1) is 25.7 Å². The zero-order valence-corrected chi connectivity index (χ0v) is 13.4.